The monoisotopic (exact) mass is 390 g/mol. The van der Waals surface area contributed by atoms with Gasteiger partial charge < -0.3 is 15.4 Å². The molecule has 144 valence electrons. The zero-order chi connectivity index (χ0) is 20.0. The van der Waals surface area contributed by atoms with Crippen molar-refractivity contribution in [1.82, 2.24) is 0 Å². The molecule has 0 bridgehead atoms. The molecule has 7 nitrogen and oxygen atoms in total. The van der Waals surface area contributed by atoms with Crippen molar-refractivity contribution < 1.29 is 22.7 Å². The highest BCUT2D eigenvalue weighted by atomic mass is 32.2. The highest BCUT2D eigenvalue weighted by molar-refractivity contribution is 7.93. The molecule has 0 spiro atoms. The van der Waals surface area contributed by atoms with Gasteiger partial charge in [-0.25, -0.2) is 8.42 Å². The number of aryl methyl sites for hydroxylation is 1. The zero-order valence-electron chi connectivity index (χ0n) is 15.4. The van der Waals surface area contributed by atoms with E-state index >= 15 is 0 Å². The van der Waals surface area contributed by atoms with Crippen molar-refractivity contribution in [3.05, 3.63) is 54.1 Å². The smallest absolute Gasteiger partial charge is 0.242 e. The molecule has 8 heteroatoms. The van der Waals surface area contributed by atoms with Crippen LogP contribution >= 0.6 is 0 Å². The molecule has 0 saturated heterocycles. The van der Waals surface area contributed by atoms with Crippen LogP contribution in [0.5, 0.6) is 5.75 Å². The Labute approximate surface area is 158 Å². The van der Waals surface area contributed by atoms with Gasteiger partial charge in [0.15, 0.2) is 9.84 Å². The third-order valence-electron chi connectivity index (χ3n) is 3.94. The average molecular weight is 390 g/mol. The molecule has 0 aliphatic rings. The van der Waals surface area contributed by atoms with Gasteiger partial charge in [-0.15, -0.1) is 0 Å². The molecule has 0 saturated carbocycles. The molecule has 2 amide bonds. The fraction of sp³-hybridized carbons (Fsp3) is 0.263. The van der Waals surface area contributed by atoms with Crippen LogP contribution in [0.1, 0.15) is 12.5 Å². The van der Waals surface area contributed by atoms with Crippen molar-refractivity contribution in [2.75, 3.05) is 23.5 Å². The maximum Gasteiger partial charge on any atom is 0.242 e. The van der Waals surface area contributed by atoms with Gasteiger partial charge in [0.25, 0.3) is 0 Å². The van der Waals surface area contributed by atoms with E-state index in [1.54, 1.807) is 48.5 Å². The van der Waals surface area contributed by atoms with Crippen molar-refractivity contribution in [2.24, 2.45) is 0 Å². The molecule has 0 aliphatic heterocycles. The van der Waals surface area contributed by atoms with Gasteiger partial charge in [0.1, 0.15) is 16.8 Å². The lowest BCUT2D eigenvalue weighted by Gasteiger charge is -2.15. The number of carbonyl (C=O) groups excluding carboxylic acids is 2. The number of anilines is 2. The van der Waals surface area contributed by atoms with Gasteiger partial charge in [-0.1, -0.05) is 29.8 Å². The van der Waals surface area contributed by atoms with E-state index < -0.39 is 32.7 Å². The quantitative estimate of drug-likeness (QED) is 0.756. The number of methoxy groups -OCH3 is 1. The van der Waals surface area contributed by atoms with E-state index in [1.165, 1.54) is 14.0 Å². The fourth-order valence-electron chi connectivity index (χ4n) is 2.29. The number of para-hydroxylation sites is 2. The molecule has 2 aromatic carbocycles. The van der Waals surface area contributed by atoms with E-state index in [0.717, 1.165) is 5.56 Å². The SMILES string of the molecule is COc1ccccc1NC(=O)C(C)S(=O)(=O)CC(=O)Nc1ccc(C)cc1. The first-order valence-corrected chi connectivity index (χ1v) is 9.96. The molecule has 0 heterocycles. The van der Waals surface area contributed by atoms with E-state index in [2.05, 4.69) is 10.6 Å². The van der Waals surface area contributed by atoms with Gasteiger partial charge in [-0.3, -0.25) is 9.59 Å². The van der Waals surface area contributed by atoms with Crippen molar-refractivity contribution in [3.63, 3.8) is 0 Å². The van der Waals surface area contributed by atoms with Crippen LogP contribution in [0.4, 0.5) is 11.4 Å². The summed E-state index contributed by atoms with van der Waals surface area (Å²) in [6.45, 7) is 3.15. The van der Waals surface area contributed by atoms with Crippen LogP contribution in [0.25, 0.3) is 0 Å². The van der Waals surface area contributed by atoms with Crippen LogP contribution in [0.3, 0.4) is 0 Å². The second-order valence-electron chi connectivity index (χ2n) is 6.05. The molecule has 0 fully saturated rings. The first-order chi connectivity index (χ1) is 12.7. The van der Waals surface area contributed by atoms with Crippen molar-refractivity contribution in [1.29, 1.82) is 0 Å². The van der Waals surface area contributed by atoms with Crippen LogP contribution in [0.2, 0.25) is 0 Å². The Hall–Kier alpha value is -2.87. The Balaban J connectivity index is 2.02. The Morgan fingerprint density at radius 1 is 1.04 bits per heavy atom. The third-order valence-corrected chi connectivity index (χ3v) is 5.90. The summed E-state index contributed by atoms with van der Waals surface area (Å²) < 4.78 is 30.0. The maximum absolute atomic E-state index is 12.4. The predicted octanol–water partition coefficient (Wildman–Crippen LogP) is 2.38. The number of ether oxygens (including phenoxy) is 1. The van der Waals surface area contributed by atoms with Gasteiger partial charge >= 0.3 is 0 Å². The van der Waals surface area contributed by atoms with E-state index in [-0.39, 0.29) is 0 Å². The number of rotatable bonds is 7. The number of carbonyl (C=O) groups is 2. The highest BCUT2D eigenvalue weighted by Crippen LogP contribution is 2.23. The molecular formula is C19H22N2O5S. The van der Waals surface area contributed by atoms with Gasteiger partial charge in [0, 0.05) is 5.69 Å². The number of hydrogen-bond donors (Lipinski definition) is 2. The first kappa shape index (κ1) is 20.4. The largest absolute Gasteiger partial charge is 0.495 e. The zero-order valence-corrected chi connectivity index (χ0v) is 16.2. The van der Waals surface area contributed by atoms with Crippen molar-refractivity contribution in [3.8, 4) is 5.75 Å². The number of nitrogens with one attached hydrogen (secondary N) is 2. The van der Waals surface area contributed by atoms with Crippen molar-refractivity contribution >= 4 is 33.0 Å². The van der Waals surface area contributed by atoms with Gasteiger partial charge in [0.2, 0.25) is 11.8 Å². The predicted molar refractivity (Wildman–Crippen MR) is 105 cm³/mol. The second-order valence-corrected chi connectivity index (χ2v) is 8.37. The van der Waals surface area contributed by atoms with Crippen LogP contribution in [0.15, 0.2) is 48.5 Å². The molecular weight excluding hydrogens is 368 g/mol. The minimum absolute atomic E-state index is 0.358. The number of amides is 2. The van der Waals surface area contributed by atoms with Crippen LogP contribution in [-0.2, 0) is 19.4 Å². The summed E-state index contributed by atoms with van der Waals surface area (Å²) in [5, 5.41) is 3.64. The van der Waals surface area contributed by atoms with E-state index in [1.807, 2.05) is 6.92 Å². The normalized spacial score (nSPS) is 12.1. The molecule has 1 unspecified atom stereocenters. The molecule has 2 aromatic rings. The molecule has 0 radical (unpaired) electrons. The van der Waals surface area contributed by atoms with Crippen LogP contribution < -0.4 is 15.4 Å². The summed E-state index contributed by atoms with van der Waals surface area (Å²) >= 11 is 0. The Kier molecular flexibility index (Phi) is 6.57. The van der Waals surface area contributed by atoms with Crippen LogP contribution in [-0.4, -0.2) is 38.3 Å². The van der Waals surface area contributed by atoms with Gasteiger partial charge in [-0.05, 0) is 38.1 Å². The fourth-order valence-corrected chi connectivity index (χ4v) is 3.36. The Morgan fingerprint density at radius 2 is 1.67 bits per heavy atom. The van der Waals surface area contributed by atoms with Gasteiger partial charge in [-0.2, -0.15) is 0 Å². The van der Waals surface area contributed by atoms with E-state index in [9.17, 15) is 18.0 Å². The summed E-state index contributed by atoms with van der Waals surface area (Å²) in [6, 6.07) is 13.6. The summed E-state index contributed by atoms with van der Waals surface area (Å²) in [5.74, 6) is -1.81. The van der Waals surface area contributed by atoms with Crippen molar-refractivity contribution in [2.45, 2.75) is 19.1 Å². The second kappa shape index (κ2) is 8.68. The lowest BCUT2D eigenvalue weighted by atomic mass is 10.2. The van der Waals surface area contributed by atoms with E-state index in [4.69, 9.17) is 4.74 Å². The molecule has 0 aromatic heterocycles. The summed E-state index contributed by atoms with van der Waals surface area (Å²) in [7, 11) is -2.55. The number of benzene rings is 2. The molecule has 1 atom stereocenters. The number of hydrogen-bond acceptors (Lipinski definition) is 5. The van der Waals surface area contributed by atoms with Crippen LogP contribution in [0, 0.1) is 6.92 Å². The van der Waals surface area contributed by atoms with E-state index in [0.29, 0.717) is 17.1 Å². The number of sulfone groups is 1. The topological polar surface area (TPSA) is 102 Å². The lowest BCUT2D eigenvalue weighted by molar-refractivity contribution is -0.115. The average Bonchev–Trinajstić information content (AvgIpc) is 2.63. The highest BCUT2D eigenvalue weighted by Gasteiger charge is 2.30. The Bertz CT molecular complexity index is 923. The first-order valence-electron chi connectivity index (χ1n) is 8.25. The Morgan fingerprint density at radius 3 is 2.30 bits per heavy atom. The maximum atomic E-state index is 12.4. The molecule has 2 N–H and O–H groups in total. The summed E-state index contributed by atoms with van der Waals surface area (Å²) in [5.41, 5.74) is 1.87. The summed E-state index contributed by atoms with van der Waals surface area (Å²) in [6.07, 6.45) is 0. The molecule has 27 heavy (non-hydrogen) atoms. The summed E-state index contributed by atoms with van der Waals surface area (Å²) in [4.78, 5) is 24.4. The lowest BCUT2D eigenvalue weighted by Crippen LogP contribution is -2.37. The molecule has 0 aliphatic carbocycles. The van der Waals surface area contributed by atoms with Gasteiger partial charge in [0.05, 0.1) is 12.8 Å². The standard InChI is InChI=1S/C19H22N2O5S/c1-13-8-10-15(11-9-13)20-18(22)12-27(24,25)14(2)19(23)21-16-6-4-5-7-17(16)26-3/h4-11,14H,12H2,1-3H3,(H,20,22)(H,21,23). The molecule has 2 rings (SSSR count). The minimum Gasteiger partial charge on any atom is -0.495 e. The third kappa shape index (κ3) is 5.55. The minimum atomic E-state index is -3.99.